The summed E-state index contributed by atoms with van der Waals surface area (Å²) in [5, 5.41) is 1.38. The Hall–Kier alpha value is -2.28. The second kappa shape index (κ2) is 11.5. The quantitative estimate of drug-likeness (QED) is 0.288. The summed E-state index contributed by atoms with van der Waals surface area (Å²) in [6.07, 6.45) is 0. The van der Waals surface area contributed by atoms with Crippen molar-refractivity contribution in [1.29, 1.82) is 0 Å². The number of carbonyl (C=O) groups is 1. The van der Waals surface area contributed by atoms with E-state index in [2.05, 4.69) is 28.0 Å². The van der Waals surface area contributed by atoms with Crippen LogP contribution in [0.2, 0.25) is 5.02 Å². The molecule has 3 aromatic carbocycles. The maximum absolute atomic E-state index is 12.3. The largest absolute Gasteiger partial charge is 1.00 e. The summed E-state index contributed by atoms with van der Waals surface area (Å²) in [4.78, 5) is 15.6. The highest BCUT2D eigenvalue weighted by Crippen LogP contribution is 2.12. The van der Waals surface area contributed by atoms with Gasteiger partial charge in [-0.1, -0.05) is 60.1 Å². The average Bonchev–Trinajstić information content (AvgIpc) is 2.72. The molecule has 1 amide bonds. The molecule has 0 saturated carbocycles. The molecule has 0 aliphatic carbocycles. The summed E-state index contributed by atoms with van der Waals surface area (Å²) in [6, 6.07) is 26.6. The van der Waals surface area contributed by atoms with Crippen molar-refractivity contribution in [1.82, 2.24) is 10.9 Å². The summed E-state index contributed by atoms with van der Waals surface area (Å²) >= 11 is 7.51. The van der Waals surface area contributed by atoms with Gasteiger partial charge in [-0.05, 0) is 53.7 Å². The Morgan fingerprint density at radius 2 is 1.46 bits per heavy atom. The molecule has 144 valence electrons. The summed E-state index contributed by atoms with van der Waals surface area (Å²) in [5.74, 6) is 0.552. The lowest BCUT2D eigenvalue weighted by atomic mass is 10.2. The number of thioether (sulfide) groups is 1. The van der Waals surface area contributed by atoms with Crippen molar-refractivity contribution in [3.05, 3.63) is 101 Å². The maximum atomic E-state index is 12.3. The number of hydrogen-bond acceptors (Lipinski definition) is 2. The number of carbonyl (C=O) groups excluding carboxylic acids is 1. The Bertz CT molecular complexity index is 906. The zero-order valence-corrected chi connectivity index (χ0v) is 18.0. The van der Waals surface area contributed by atoms with Crippen molar-refractivity contribution in [2.45, 2.75) is 5.75 Å². The van der Waals surface area contributed by atoms with Crippen LogP contribution in [-0.2, 0) is 5.75 Å². The van der Waals surface area contributed by atoms with Crippen molar-refractivity contribution in [2.75, 3.05) is 0 Å². The van der Waals surface area contributed by atoms with Crippen LogP contribution in [0.25, 0.3) is 0 Å². The number of amides is 1. The number of hydrazine groups is 1. The van der Waals surface area contributed by atoms with E-state index in [1.54, 1.807) is 23.9 Å². The molecule has 4 nitrogen and oxygen atoms in total. The Kier molecular flexibility index (Phi) is 9.07. The van der Waals surface area contributed by atoms with Gasteiger partial charge >= 0.3 is 5.17 Å². The van der Waals surface area contributed by atoms with Crippen LogP contribution in [0, 0.1) is 0 Å². The van der Waals surface area contributed by atoms with E-state index in [1.165, 1.54) is 5.56 Å². The molecule has 28 heavy (non-hydrogen) atoms. The molecule has 0 bridgehead atoms. The Morgan fingerprint density at radius 3 is 2.11 bits per heavy atom. The predicted molar refractivity (Wildman–Crippen MR) is 112 cm³/mol. The van der Waals surface area contributed by atoms with Crippen LogP contribution in [0.3, 0.4) is 0 Å². The molecule has 0 fully saturated rings. The van der Waals surface area contributed by atoms with Crippen LogP contribution in [0.1, 0.15) is 15.9 Å². The Morgan fingerprint density at radius 1 is 0.857 bits per heavy atom. The van der Waals surface area contributed by atoms with Crippen LogP contribution < -0.4 is 32.8 Å². The van der Waals surface area contributed by atoms with Gasteiger partial charge in [-0.15, -0.1) is 0 Å². The first kappa shape index (κ1) is 22.0. The van der Waals surface area contributed by atoms with Gasteiger partial charge in [-0.25, -0.2) is 4.99 Å². The number of hydrogen-bond donors (Lipinski definition) is 3. The molecule has 0 unspecified atom stereocenters. The standard InChI is InChI=1S/C21H18ClN3OS.BrH/c22-18-11-13-19(14-12-18)23-21(27-15-16-7-3-1-4-8-16)25-24-20(26)17-9-5-2-6-10-17;/h1-14H,15H2,(H,23,25)(H,24,26);1H. The number of nitrogens with one attached hydrogen (secondary N) is 3. The average molecular weight is 477 g/mol. The number of rotatable bonds is 4. The van der Waals surface area contributed by atoms with Gasteiger partial charge in [0, 0.05) is 16.3 Å². The molecule has 0 aliphatic rings. The van der Waals surface area contributed by atoms with Crippen molar-refractivity contribution in [2.24, 2.45) is 0 Å². The molecule has 0 spiro atoms. The molecule has 0 heterocycles. The van der Waals surface area contributed by atoms with Gasteiger partial charge in [0.05, 0.1) is 0 Å². The van der Waals surface area contributed by atoms with E-state index in [4.69, 9.17) is 11.6 Å². The van der Waals surface area contributed by atoms with E-state index in [0.29, 0.717) is 15.8 Å². The Labute approximate surface area is 184 Å². The third-order valence-electron chi connectivity index (χ3n) is 3.65. The predicted octanol–water partition coefficient (Wildman–Crippen LogP) is 0.280. The first-order chi connectivity index (χ1) is 13.2. The van der Waals surface area contributed by atoms with Crippen LogP contribution >= 0.6 is 23.4 Å². The second-order valence-corrected chi connectivity index (χ2v) is 7.10. The summed E-state index contributed by atoms with van der Waals surface area (Å²) < 4.78 is 0. The molecule has 0 aromatic heterocycles. The normalized spacial score (nSPS) is 10.7. The van der Waals surface area contributed by atoms with Gasteiger partial charge in [0.1, 0.15) is 5.69 Å². The first-order valence-corrected chi connectivity index (χ1v) is 9.75. The van der Waals surface area contributed by atoms with Crippen LogP contribution in [-0.4, -0.2) is 11.1 Å². The molecule has 3 N–H and O–H groups in total. The van der Waals surface area contributed by atoms with Gasteiger partial charge in [0.2, 0.25) is 0 Å². The topological polar surface area (TPSA) is 55.1 Å². The zero-order chi connectivity index (χ0) is 18.9. The summed E-state index contributed by atoms with van der Waals surface area (Å²) in [7, 11) is 0. The van der Waals surface area contributed by atoms with E-state index >= 15 is 0 Å². The first-order valence-electron chi connectivity index (χ1n) is 8.38. The molecule has 0 aliphatic heterocycles. The third kappa shape index (κ3) is 7.03. The fourth-order valence-electron chi connectivity index (χ4n) is 2.27. The van der Waals surface area contributed by atoms with Crippen LogP contribution in [0.5, 0.6) is 0 Å². The molecule has 3 rings (SSSR count). The van der Waals surface area contributed by atoms with E-state index in [1.807, 2.05) is 60.7 Å². The summed E-state index contributed by atoms with van der Waals surface area (Å²) in [6.45, 7) is 0. The molecule has 7 heteroatoms. The lowest BCUT2D eigenvalue weighted by Gasteiger charge is -2.05. The fourth-order valence-corrected chi connectivity index (χ4v) is 3.22. The number of benzene rings is 3. The van der Waals surface area contributed by atoms with Crippen molar-refractivity contribution in [3.8, 4) is 0 Å². The lowest BCUT2D eigenvalue weighted by molar-refractivity contribution is -0.353. The van der Waals surface area contributed by atoms with Gasteiger partial charge in [-0.2, -0.15) is 10.9 Å². The van der Waals surface area contributed by atoms with Crippen LogP contribution in [0.4, 0.5) is 5.69 Å². The highest BCUT2D eigenvalue weighted by Gasteiger charge is 2.12. The fraction of sp³-hybridized carbons (Fsp3) is 0.0476. The van der Waals surface area contributed by atoms with E-state index < -0.39 is 0 Å². The zero-order valence-electron chi connectivity index (χ0n) is 14.9. The lowest BCUT2D eigenvalue weighted by Crippen LogP contribution is -3.00. The molecule has 0 saturated heterocycles. The summed E-state index contributed by atoms with van der Waals surface area (Å²) in [5.41, 5.74) is 8.37. The molecule has 3 aromatic rings. The van der Waals surface area contributed by atoms with Gasteiger partial charge in [-0.3, -0.25) is 4.79 Å². The molecule has 0 atom stereocenters. The minimum atomic E-state index is -0.202. The van der Waals surface area contributed by atoms with E-state index in [9.17, 15) is 4.79 Å². The number of amidine groups is 1. The van der Waals surface area contributed by atoms with E-state index in [0.717, 1.165) is 11.4 Å². The monoisotopic (exact) mass is 475 g/mol. The number of halogens is 2. The molecular weight excluding hydrogens is 458 g/mol. The van der Waals surface area contributed by atoms with Crippen molar-refractivity contribution >= 4 is 40.1 Å². The van der Waals surface area contributed by atoms with Gasteiger partial charge in [0.15, 0.2) is 0 Å². The molecular formula is C21H19BrClN3OS. The SMILES string of the molecule is O=C(NNC(=[NH+]c1ccc(Cl)cc1)SCc1ccccc1)c1ccccc1.[Br-]. The van der Waals surface area contributed by atoms with Crippen LogP contribution in [0.15, 0.2) is 84.9 Å². The van der Waals surface area contributed by atoms with Crippen molar-refractivity contribution in [3.63, 3.8) is 0 Å². The van der Waals surface area contributed by atoms with Gasteiger partial charge < -0.3 is 17.0 Å². The highest BCUT2D eigenvalue weighted by molar-refractivity contribution is 8.12. The van der Waals surface area contributed by atoms with Crippen molar-refractivity contribution < 1.29 is 26.8 Å². The minimum absolute atomic E-state index is 0. The Balaban J connectivity index is 0.00000280. The highest BCUT2D eigenvalue weighted by atomic mass is 79.9. The minimum Gasteiger partial charge on any atom is -1.00 e. The van der Waals surface area contributed by atoms with Gasteiger partial charge in [0.25, 0.3) is 5.91 Å². The van der Waals surface area contributed by atoms with E-state index in [-0.39, 0.29) is 22.9 Å². The maximum Gasteiger partial charge on any atom is 0.332 e. The smallest absolute Gasteiger partial charge is 0.332 e. The molecule has 0 radical (unpaired) electrons. The second-order valence-electron chi connectivity index (χ2n) is 5.68. The third-order valence-corrected chi connectivity index (χ3v) is 4.88.